The van der Waals surface area contributed by atoms with Crippen LogP contribution in [-0.4, -0.2) is 88.3 Å². The van der Waals surface area contributed by atoms with Crippen molar-refractivity contribution in [1.29, 1.82) is 0 Å². The fourth-order valence-electron chi connectivity index (χ4n) is 3.49. The van der Waals surface area contributed by atoms with Crippen molar-refractivity contribution < 1.29 is 18.5 Å². The Labute approximate surface area is 160 Å². The summed E-state index contributed by atoms with van der Waals surface area (Å²) in [5.41, 5.74) is 0.0513. The standard InChI is InChI=1S/C18H26N4O4S/c1-21(2)13-16(23)20-27(25)10-5-18(6-11-27)14-22(8-9-26-18)17(24)15-4-3-7-19-12-15/h3-4,7,12H,5-6,8-11,13-14H2,1-2H3. The molecule has 27 heavy (non-hydrogen) atoms. The molecule has 1 aromatic rings. The van der Waals surface area contributed by atoms with E-state index in [1.165, 1.54) is 0 Å². The van der Waals surface area contributed by atoms with Crippen LogP contribution in [0.25, 0.3) is 0 Å². The monoisotopic (exact) mass is 394 g/mol. The van der Waals surface area contributed by atoms with Crippen LogP contribution in [0.5, 0.6) is 0 Å². The number of likely N-dealkylation sites (N-methyl/N-ethyl adjacent to an activating group) is 1. The van der Waals surface area contributed by atoms with Crippen molar-refractivity contribution in [2.75, 3.05) is 51.8 Å². The van der Waals surface area contributed by atoms with Crippen LogP contribution in [0.2, 0.25) is 0 Å². The molecule has 3 heterocycles. The molecule has 2 amide bonds. The third-order valence-corrected chi connectivity index (χ3v) is 7.14. The number of morpholine rings is 1. The van der Waals surface area contributed by atoms with Gasteiger partial charge in [0.15, 0.2) is 0 Å². The van der Waals surface area contributed by atoms with E-state index in [9.17, 15) is 13.8 Å². The highest BCUT2D eigenvalue weighted by Crippen LogP contribution is 2.32. The summed E-state index contributed by atoms with van der Waals surface area (Å²) in [5, 5.41) is 0. The number of ether oxygens (including phenoxy) is 1. The van der Waals surface area contributed by atoms with Crippen LogP contribution in [-0.2, 0) is 19.3 Å². The van der Waals surface area contributed by atoms with E-state index in [2.05, 4.69) is 9.35 Å². The molecule has 2 fully saturated rings. The molecule has 1 aromatic heterocycles. The van der Waals surface area contributed by atoms with E-state index < -0.39 is 15.3 Å². The molecular formula is C18H26N4O4S. The highest BCUT2D eigenvalue weighted by atomic mass is 32.2. The van der Waals surface area contributed by atoms with Gasteiger partial charge in [-0.3, -0.25) is 14.6 Å². The maximum atomic E-state index is 12.9. The average Bonchev–Trinajstić information content (AvgIpc) is 2.64. The molecule has 0 N–H and O–H groups in total. The Morgan fingerprint density at radius 3 is 2.74 bits per heavy atom. The van der Waals surface area contributed by atoms with Crippen molar-refractivity contribution in [2.45, 2.75) is 18.4 Å². The topological polar surface area (TPSA) is 92.2 Å². The van der Waals surface area contributed by atoms with Crippen LogP contribution in [0.1, 0.15) is 23.2 Å². The van der Waals surface area contributed by atoms with Crippen molar-refractivity contribution in [3.8, 4) is 0 Å². The number of amides is 2. The zero-order valence-corrected chi connectivity index (χ0v) is 16.6. The molecule has 2 aliphatic heterocycles. The van der Waals surface area contributed by atoms with E-state index in [0.29, 0.717) is 49.6 Å². The van der Waals surface area contributed by atoms with Crippen molar-refractivity contribution in [2.24, 2.45) is 4.36 Å². The van der Waals surface area contributed by atoms with Crippen molar-refractivity contribution in [1.82, 2.24) is 14.8 Å². The van der Waals surface area contributed by atoms with Crippen LogP contribution in [0.4, 0.5) is 0 Å². The van der Waals surface area contributed by atoms with Gasteiger partial charge in [0.05, 0.1) is 40.6 Å². The van der Waals surface area contributed by atoms with E-state index in [0.717, 1.165) is 0 Å². The van der Waals surface area contributed by atoms with Crippen LogP contribution < -0.4 is 0 Å². The number of rotatable bonds is 3. The predicted molar refractivity (Wildman–Crippen MR) is 102 cm³/mol. The van der Waals surface area contributed by atoms with E-state index >= 15 is 0 Å². The van der Waals surface area contributed by atoms with Crippen LogP contribution >= 0.6 is 0 Å². The largest absolute Gasteiger partial charge is 0.371 e. The molecule has 9 heteroatoms. The molecule has 0 saturated carbocycles. The second-order valence-corrected chi connectivity index (χ2v) is 9.95. The Hall–Kier alpha value is -1.84. The third-order valence-electron chi connectivity index (χ3n) is 4.92. The first-order chi connectivity index (χ1) is 12.8. The Morgan fingerprint density at radius 1 is 1.37 bits per heavy atom. The van der Waals surface area contributed by atoms with Gasteiger partial charge in [-0.05, 0) is 39.1 Å². The molecule has 0 aromatic carbocycles. The van der Waals surface area contributed by atoms with Gasteiger partial charge < -0.3 is 14.5 Å². The molecule has 148 valence electrons. The number of carbonyl (C=O) groups is 2. The van der Waals surface area contributed by atoms with Gasteiger partial charge in [0.25, 0.3) is 11.8 Å². The number of hydrogen-bond acceptors (Lipinski definition) is 6. The van der Waals surface area contributed by atoms with Gasteiger partial charge in [-0.15, -0.1) is 0 Å². The lowest BCUT2D eigenvalue weighted by molar-refractivity contribution is -0.118. The zero-order valence-electron chi connectivity index (χ0n) is 15.8. The summed E-state index contributed by atoms with van der Waals surface area (Å²) in [4.78, 5) is 32.1. The second kappa shape index (κ2) is 8.04. The number of hydrogen-bond donors (Lipinski definition) is 0. The van der Waals surface area contributed by atoms with Gasteiger partial charge in [-0.1, -0.05) is 0 Å². The summed E-state index contributed by atoms with van der Waals surface area (Å²) in [7, 11) is 1.01. The Balaban J connectivity index is 1.67. The SMILES string of the molecule is CN(C)CC(=O)N=S1(=O)CCC2(CC1)CN(C(=O)c1cccnc1)CCO2. The second-order valence-electron chi connectivity index (χ2n) is 7.40. The van der Waals surface area contributed by atoms with Crippen LogP contribution in [0, 0.1) is 0 Å². The first-order valence-electron chi connectivity index (χ1n) is 9.04. The van der Waals surface area contributed by atoms with Gasteiger partial charge in [-0.25, -0.2) is 4.21 Å². The summed E-state index contributed by atoms with van der Waals surface area (Å²) in [6.45, 7) is 1.59. The maximum Gasteiger partial charge on any atom is 0.267 e. The first-order valence-corrected chi connectivity index (χ1v) is 10.9. The van der Waals surface area contributed by atoms with Crippen molar-refractivity contribution >= 4 is 21.5 Å². The Morgan fingerprint density at radius 2 is 2.11 bits per heavy atom. The minimum absolute atomic E-state index is 0.0667. The number of pyridine rings is 1. The summed E-state index contributed by atoms with van der Waals surface area (Å²) in [6, 6.07) is 3.49. The van der Waals surface area contributed by atoms with Gasteiger partial charge in [0, 0.05) is 30.4 Å². The summed E-state index contributed by atoms with van der Waals surface area (Å²) < 4.78 is 22.9. The van der Waals surface area contributed by atoms with Crippen molar-refractivity contribution in [3.05, 3.63) is 30.1 Å². The zero-order chi connectivity index (χ0) is 19.5. The summed E-state index contributed by atoms with van der Waals surface area (Å²) >= 11 is 0. The van der Waals surface area contributed by atoms with Gasteiger partial charge in [-0.2, -0.15) is 4.36 Å². The van der Waals surface area contributed by atoms with Gasteiger partial charge in [0.1, 0.15) is 0 Å². The Kier molecular flexibility index (Phi) is 5.92. The molecule has 2 saturated heterocycles. The maximum absolute atomic E-state index is 12.9. The highest BCUT2D eigenvalue weighted by Gasteiger charge is 2.42. The highest BCUT2D eigenvalue weighted by molar-refractivity contribution is 7.93. The Bertz CT molecular complexity index is 804. The molecule has 0 bridgehead atoms. The molecule has 0 atom stereocenters. The fraction of sp³-hybridized carbons (Fsp3) is 0.611. The van der Waals surface area contributed by atoms with Crippen LogP contribution in [0.15, 0.2) is 28.9 Å². The predicted octanol–water partition coefficient (Wildman–Crippen LogP) is 0.643. The molecule has 3 rings (SSSR count). The molecule has 2 aliphatic rings. The van der Waals surface area contributed by atoms with E-state index in [4.69, 9.17) is 4.74 Å². The van der Waals surface area contributed by atoms with Gasteiger partial charge >= 0.3 is 0 Å². The van der Waals surface area contributed by atoms with Crippen LogP contribution in [0.3, 0.4) is 0 Å². The van der Waals surface area contributed by atoms with E-state index in [1.54, 1.807) is 48.4 Å². The number of aromatic nitrogens is 1. The average molecular weight is 394 g/mol. The normalized spacial score (nSPS) is 28.3. The lowest BCUT2D eigenvalue weighted by Crippen LogP contribution is -2.56. The van der Waals surface area contributed by atoms with E-state index in [1.807, 2.05) is 0 Å². The molecule has 0 unspecified atom stereocenters. The van der Waals surface area contributed by atoms with Gasteiger partial charge in [0.2, 0.25) is 0 Å². The summed E-state index contributed by atoms with van der Waals surface area (Å²) in [5.74, 6) is 0.226. The minimum Gasteiger partial charge on any atom is -0.371 e. The number of nitrogens with zero attached hydrogens (tertiary/aromatic N) is 4. The summed E-state index contributed by atoms with van der Waals surface area (Å²) in [6.07, 6.45) is 4.26. The molecule has 1 spiro atoms. The first kappa shape index (κ1) is 19.9. The van der Waals surface area contributed by atoms with E-state index in [-0.39, 0.29) is 18.4 Å². The fourth-order valence-corrected chi connectivity index (χ4v) is 5.68. The molecule has 0 radical (unpaired) electrons. The minimum atomic E-state index is -2.54. The lowest BCUT2D eigenvalue weighted by atomic mass is 9.94. The molecule has 8 nitrogen and oxygen atoms in total. The third kappa shape index (κ3) is 4.91. The molecular weight excluding hydrogens is 368 g/mol. The van der Waals surface area contributed by atoms with Crippen molar-refractivity contribution in [3.63, 3.8) is 0 Å². The quantitative estimate of drug-likeness (QED) is 0.747. The lowest BCUT2D eigenvalue weighted by Gasteiger charge is -2.45. The number of carbonyl (C=O) groups excluding carboxylic acids is 2. The smallest absolute Gasteiger partial charge is 0.267 e. The molecule has 0 aliphatic carbocycles.